The van der Waals surface area contributed by atoms with Gasteiger partial charge in [-0.3, -0.25) is 0 Å². The van der Waals surface area contributed by atoms with Crippen molar-refractivity contribution in [3.05, 3.63) is 41.4 Å². The van der Waals surface area contributed by atoms with E-state index >= 15 is 0 Å². The topological polar surface area (TPSA) is 52.3 Å². The molecule has 0 bridgehead atoms. The molecular weight excluding hydrogens is 214 g/mol. The Labute approximate surface area is 93.5 Å². The molecule has 1 aromatic carbocycles. The zero-order valence-corrected chi connectivity index (χ0v) is 9.12. The summed E-state index contributed by atoms with van der Waals surface area (Å²) in [7, 11) is 0. The minimum atomic E-state index is -0.462. The summed E-state index contributed by atoms with van der Waals surface area (Å²) in [6, 6.07) is 5.12. The maximum absolute atomic E-state index is 10.9. The molecule has 1 aromatic rings. The van der Waals surface area contributed by atoms with Crippen molar-refractivity contribution >= 4 is 23.3 Å². The second kappa shape index (κ2) is 4.84. The first-order valence-electron chi connectivity index (χ1n) is 4.42. The molecule has 0 radical (unpaired) electrons. The third kappa shape index (κ3) is 2.99. The van der Waals surface area contributed by atoms with Crippen LogP contribution < -0.4 is 5.73 Å². The van der Waals surface area contributed by atoms with Gasteiger partial charge in [-0.2, -0.15) is 0 Å². The van der Waals surface area contributed by atoms with E-state index in [0.717, 1.165) is 11.6 Å². The Bertz CT molecular complexity index is 390. The van der Waals surface area contributed by atoms with Crippen LogP contribution in [0, 0.1) is 0 Å². The van der Waals surface area contributed by atoms with Gasteiger partial charge in [-0.1, -0.05) is 24.2 Å². The van der Waals surface area contributed by atoms with Crippen molar-refractivity contribution in [1.29, 1.82) is 0 Å². The van der Waals surface area contributed by atoms with Crippen LogP contribution in [0.4, 0.5) is 5.69 Å². The molecule has 0 aliphatic rings. The van der Waals surface area contributed by atoms with E-state index in [0.29, 0.717) is 10.7 Å². The van der Waals surface area contributed by atoms with Crippen LogP contribution in [0.2, 0.25) is 5.02 Å². The van der Waals surface area contributed by atoms with E-state index in [1.54, 1.807) is 25.1 Å². The lowest BCUT2D eigenvalue weighted by molar-refractivity contribution is -0.142. The SMILES string of the molecule is C=CC(=O)OC(C)c1ccc(Cl)c(N)c1. The van der Waals surface area contributed by atoms with E-state index in [1.807, 2.05) is 0 Å². The molecule has 0 saturated carbocycles. The minimum absolute atomic E-state index is 0.366. The van der Waals surface area contributed by atoms with Crippen LogP contribution in [0.3, 0.4) is 0 Å². The molecule has 80 valence electrons. The number of rotatable bonds is 3. The van der Waals surface area contributed by atoms with E-state index in [1.165, 1.54) is 0 Å². The molecule has 0 fully saturated rings. The summed E-state index contributed by atoms with van der Waals surface area (Å²) < 4.78 is 5.02. The molecule has 0 aliphatic heterocycles. The molecule has 0 saturated heterocycles. The Balaban J connectivity index is 2.82. The van der Waals surface area contributed by atoms with E-state index in [2.05, 4.69) is 6.58 Å². The Hall–Kier alpha value is -1.48. The van der Waals surface area contributed by atoms with E-state index in [-0.39, 0.29) is 6.10 Å². The second-order valence-corrected chi connectivity index (χ2v) is 3.47. The Morgan fingerprint density at radius 1 is 1.67 bits per heavy atom. The monoisotopic (exact) mass is 225 g/mol. The molecule has 0 aromatic heterocycles. The average Bonchev–Trinajstić information content (AvgIpc) is 2.21. The molecule has 2 N–H and O–H groups in total. The van der Waals surface area contributed by atoms with Crippen LogP contribution in [0.1, 0.15) is 18.6 Å². The number of carbonyl (C=O) groups is 1. The lowest BCUT2D eigenvalue weighted by atomic mass is 10.1. The summed E-state index contributed by atoms with van der Waals surface area (Å²) in [5, 5.41) is 0.487. The molecular formula is C11H12ClNO2. The number of nitrogens with two attached hydrogens (primary N) is 1. The smallest absolute Gasteiger partial charge is 0.330 e. The number of halogens is 1. The summed E-state index contributed by atoms with van der Waals surface area (Å²) in [5.41, 5.74) is 6.90. The highest BCUT2D eigenvalue weighted by molar-refractivity contribution is 6.33. The van der Waals surface area contributed by atoms with Gasteiger partial charge in [0.25, 0.3) is 0 Å². The standard InChI is InChI=1S/C11H12ClNO2/c1-3-11(14)15-7(2)8-4-5-9(12)10(13)6-8/h3-7H,1,13H2,2H3. The van der Waals surface area contributed by atoms with Crippen molar-refractivity contribution in [1.82, 2.24) is 0 Å². The van der Waals surface area contributed by atoms with Crippen molar-refractivity contribution in [3.8, 4) is 0 Å². The molecule has 0 heterocycles. The van der Waals surface area contributed by atoms with Crippen LogP contribution in [0.5, 0.6) is 0 Å². The summed E-state index contributed by atoms with van der Waals surface area (Å²) >= 11 is 5.77. The van der Waals surface area contributed by atoms with Crippen LogP contribution >= 0.6 is 11.6 Å². The summed E-state index contributed by atoms with van der Waals surface area (Å²) in [6.07, 6.45) is 0.755. The first kappa shape index (κ1) is 11.6. The molecule has 0 aliphatic carbocycles. The van der Waals surface area contributed by atoms with E-state index in [9.17, 15) is 4.79 Å². The number of anilines is 1. The fraction of sp³-hybridized carbons (Fsp3) is 0.182. The van der Waals surface area contributed by atoms with Crippen molar-refractivity contribution in [2.75, 3.05) is 5.73 Å². The zero-order chi connectivity index (χ0) is 11.4. The lowest BCUT2D eigenvalue weighted by Crippen LogP contribution is -2.06. The van der Waals surface area contributed by atoms with E-state index in [4.69, 9.17) is 22.1 Å². The van der Waals surface area contributed by atoms with Gasteiger partial charge in [0, 0.05) is 6.08 Å². The summed E-state index contributed by atoms with van der Waals surface area (Å²) in [4.78, 5) is 10.9. The van der Waals surface area contributed by atoms with Crippen LogP contribution in [-0.2, 0) is 9.53 Å². The van der Waals surface area contributed by atoms with Crippen LogP contribution in [0.15, 0.2) is 30.9 Å². The molecule has 1 atom stereocenters. The Morgan fingerprint density at radius 2 is 2.33 bits per heavy atom. The van der Waals surface area contributed by atoms with Gasteiger partial charge in [0.05, 0.1) is 10.7 Å². The minimum Gasteiger partial charge on any atom is -0.455 e. The summed E-state index contributed by atoms with van der Waals surface area (Å²) in [6.45, 7) is 5.07. The highest BCUT2D eigenvalue weighted by Gasteiger charge is 2.10. The zero-order valence-electron chi connectivity index (χ0n) is 8.37. The number of benzene rings is 1. The van der Waals surface area contributed by atoms with Gasteiger partial charge < -0.3 is 10.5 Å². The molecule has 1 rings (SSSR count). The number of esters is 1. The average molecular weight is 226 g/mol. The first-order chi connectivity index (χ1) is 7.04. The van der Waals surface area contributed by atoms with Gasteiger partial charge in [-0.25, -0.2) is 4.79 Å². The lowest BCUT2D eigenvalue weighted by Gasteiger charge is -2.13. The number of hydrogen-bond acceptors (Lipinski definition) is 3. The quantitative estimate of drug-likeness (QED) is 0.489. The highest BCUT2D eigenvalue weighted by Crippen LogP contribution is 2.24. The van der Waals surface area contributed by atoms with Crippen LogP contribution in [-0.4, -0.2) is 5.97 Å². The first-order valence-corrected chi connectivity index (χ1v) is 4.80. The maximum atomic E-state index is 10.9. The van der Waals surface area contributed by atoms with Crippen molar-refractivity contribution in [3.63, 3.8) is 0 Å². The summed E-state index contributed by atoms with van der Waals surface area (Å²) in [5.74, 6) is -0.462. The number of nitrogen functional groups attached to an aromatic ring is 1. The maximum Gasteiger partial charge on any atom is 0.330 e. The molecule has 0 spiro atoms. The van der Waals surface area contributed by atoms with Crippen molar-refractivity contribution in [2.45, 2.75) is 13.0 Å². The molecule has 1 unspecified atom stereocenters. The fourth-order valence-electron chi connectivity index (χ4n) is 1.11. The van der Waals surface area contributed by atoms with Crippen molar-refractivity contribution < 1.29 is 9.53 Å². The molecule has 3 nitrogen and oxygen atoms in total. The fourth-order valence-corrected chi connectivity index (χ4v) is 1.22. The predicted octanol–water partition coefficient (Wildman–Crippen LogP) is 2.71. The van der Waals surface area contributed by atoms with Gasteiger partial charge in [0.2, 0.25) is 0 Å². The molecule has 4 heteroatoms. The number of ether oxygens (including phenoxy) is 1. The Kier molecular flexibility index (Phi) is 3.74. The predicted molar refractivity (Wildman–Crippen MR) is 60.6 cm³/mol. The third-order valence-electron chi connectivity index (χ3n) is 1.95. The van der Waals surface area contributed by atoms with Gasteiger partial charge in [0.15, 0.2) is 0 Å². The second-order valence-electron chi connectivity index (χ2n) is 3.06. The number of hydrogen-bond donors (Lipinski definition) is 1. The highest BCUT2D eigenvalue weighted by atomic mass is 35.5. The van der Waals surface area contributed by atoms with E-state index < -0.39 is 5.97 Å². The van der Waals surface area contributed by atoms with Gasteiger partial charge in [-0.05, 0) is 24.6 Å². The largest absolute Gasteiger partial charge is 0.455 e. The van der Waals surface area contributed by atoms with Gasteiger partial charge in [0.1, 0.15) is 6.10 Å². The normalized spacial score (nSPS) is 11.9. The van der Waals surface area contributed by atoms with Crippen molar-refractivity contribution in [2.24, 2.45) is 0 Å². The Morgan fingerprint density at radius 3 is 2.87 bits per heavy atom. The molecule has 0 amide bonds. The third-order valence-corrected chi connectivity index (χ3v) is 2.29. The molecule has 15 heavy (non-hydrogen) atoms. The number of carbonyl (C=O) groups excluding carboxylic acids is 1. The van der Waals surface area contributed by atoms with Crippen LogP contribution in [0.25, 0.3) is 0 Å². The van der Waals surface area contributed by atoms with Gasteiger partial charge >= 0.3 is 5.97 Å². The van der Waals surface area contributed by atoms with Gasteiger partial charge in [-0.15, -0.1) is 0 Å².